The summed E-state index contributed by atoms with van der Waals surface area (Å²) >= 11 is 0. The number of nitrogens with zero attached hydrogens (tertiary/aromatic N) is 2. The van der Waals surface area contributed by atoms with Crippen molar-refractivity contribution in [3.8, 4) is 17.6 Å². The lowest BCUT2D eigenvalue weighted by Gasteiger charge is -2.37. The minimum atomic E-state index is -1.99. The Morgan fingerprint density at radius 2 is 1.45 bits per heavy atom. The van der Waals surface area contributed by atoms with Crippen LogP contribution in [0.4, 0.5) is 0 Å². The number of rotatable bonds is 17. The van der Waals surface area contributed by atoms with Crippen molar-refractivity contribution >= 4 is 8.60 Å². The predicted octanol–water partition coefficient (Wildman–Crippen LogP) is 7.23. The van der Waals surface area contributed by atoms with Gasteiger partial charge in [0.15, 0.2) is 0 Å². The van der Waals surface area contributed by atoms with E-state index in [2.05, 4.69) is 11.1 Å². The summed E-state index contributed by atoms with van der Waals surface area (Å²) in [6.45, 7) is 3.92. The number of H-pyrrole nitrogens is 1. The Kier molecular flexibility index (Phi) is 13.3. The molecule has 286 valence electrons. The van der Waals surface area contributed by atoms with E-state index < -0.39 is 43.9 Å². The smallest absolute Gasteiger partial charge is 0.333 e. The number of methoxy groups -OCH3 is 2. The fourth-order valence-electron chi connectivity index (χ4n) is 6.48. The van der Waals surface area contributed by atoms with E-state index in [0.29, 0.717) is 17.1 Å². The largest absolute Gasteiger partial charge is 0.497 e. The van der Waals surface area contributed by atoms with E-state index in [-0.39, 0.29) is 32.7 Å². The van der Waals surface area contributed by atoms with Crippen molar-refractivity contribution < 1.29 is 32.5 Å². The molecule has 1 aromatic heterocycles. The average Bonchev–Trinajstić information content (AvgIpc) is 3.61. The van der Waals surface area contributed by atoms with Crippen LogP contribution in [0.5, 0.6) is 11.5 Å². The molecule has 1 saturated heterocycles. The van der Waals surface area contributed by atoms with Crippen molar-refractivity contribution in [3.05, 3.63) is 164 Å². The Hall–Kier alpha value is -5.12. The highest BCUT2D eigenvalue weighted by atomic mass is 31.2. The van der Waals surface area contributed by atoms with Gasteiger partial charge in [-0.25, -0.2) is 4.79 Å². The third-order valence-electron chi connectivity index (χ3n) is 9.49. The van der Waals surface area contributed by atoms with Crippen LogP contribution in [0, 0.1) is 25.2 Å². The number of benzene rings is 4. The van der Waals surface area contributed by atoms with Crippen LogP contribution in [0.25, 0.3) is 0 Å². The van der Waals surface area contributed by atoms with Crippen molar-refractivity contribution in [1.29, 1.82) is 5.26 Å². The maximum atomic E-state index is 13.1. The minimum Gasteiger partial charge on any atom is -0.497 e. The minimum absolute atomic E-state index is 0.00956. The molecular weight excluding hydrogens is 721 g/mol. The first-order chi connectivity index (χ1) is 26.7. The van der Waals surface area contributed by atoms with Crippen molar-refractivity contribution in [3.63, 3.8) is 0 Å². The molecule has 1 N–H and O–H groups in total. The van der Waals surface area contributed by atoms with Crippen molar-refractivity contribution in [1.82, 2.24) is 9.55 Å². The molecule has 55 heavy (non-hydrogen) atoms. The van der Waals surface area contributed by atoms with Crippen LogP contribution in [0.1, 0.15) is 52.5 Å². The van der Waals surface area contributed by atoms with Gasteiger partial charge in [-0.2, -0.15) is 5.26 Å². The van der Waals surface area contributed by atoms with Gasteiger partial charge in [-0.3, -0.25) is 14.3 Å². The first-order valence-corrected chi connectivity index (χ1v) is 19.0. The van der Waals surface area contributed by atoms with E-state index in [1.54, 1.807) is 21.1 Å². The molecule has 0 saturated carbocycles. The number of hydrogen-bond acceptors (Lipinski definition) is 10. The van der Waals surface area contributed by atoms with Gasteiger partial charge in [0.25, 0.3) is 5.56 Å². The molecule has 1 unspecified atom stereocenters. The maximum absolute atomic E-state index is 13.1. The fraction of sp³-hybridized carbons (Fsp3) is 0.310. The standard InChI is InChI=1S/C42H44N3O9P/c1-29-11-8-9-12-31(29)27-52-55(51-24-10-23-43)54-37-25-39(45-26-30(2)40(46)44-41(45)47)53-38(37)28-50-42(32-13-6-5-7-14-32,33-15-19-35(48-3)20-16-33)34-17-21-36(49-4)22-18-34/h5-9,11-22,26,37-39H,10,24-25,27-28H2,1-4H3,(H,44,46,47)/t37-,38+,39+,55?/m0/s1. The van der Waals surface area contributed by atoms with E-state index in [1.165, 1.54) is 10.8 Å². The van der Waals surface area contributed by atoms with Crippen molar-refractivity contribution in [2.45, 2.75) is 57.3 Å². The Labute approximate surface area is 321 Å². The summed E-state index contributed by atoms with van der Waals surface area (Å²) in [5.74, 6) is 1.38. The summed E-state index contributed by atoms with van der Waals surface area (Å²) in [6, 6.07) is 35.2. The van der Waals surface area contributed by atoms with Gasteiger partial charge in [0.1, 0.15) is 29.4 Å². The first kappa shape index (κ1) is 39.6. The highest BCUT2D eigenvalue weighted by Gasteiger charge is 2.44. The number of nitriles is 1. The summed E-state index contributed by atoms with van der Waals surface area (Å²) in [6.07, 6.45) is -0.443. The zero-order chi connectivity index (χ0) is 38.8. The number of aryl methyl sites for hydroxylation is 2. The highest BCUT2D eigenvalue weighted by molar-refractivity contribution is 7.41. The summed E-state index contributed by atoms with van der Waals surface area (Å²) in [4.78, 5) is 27.8. The number of hydrogen-bond donors (Lipinski definition) is 1. The molecule has 0 bridgehead atoms. The third-order valence-corrected chi connectivity index (χ3v) is 10.7. The molecule has 1 fully saturated rings. The molecule has 5 aromatic rings. The second-order valence-electron chi connectivity index (χ2n) is 13.0. The highest BCUT2D eigenvalue weighted by Crippen LogP contribution is 2.48. The van der Waals surface area contributed by atoms with E-state index in [4.69, 9.17) is 32.5 Å². The number of aromatic nitrogens is 2. The summed E-state index contributed by atoms with van der Waals surface area (Å²) < 4.78 is 45.0. The van der Waals surface area contributed by atoms with Crippen LogP contribution in [0.2, 0.25) is 0 Å². The average molecular weight is 766 g/mol. The Morgan fingerprint density at radius 1 is 0.836 bits per heavy atom. The first-order valence-electron chi connectivity index (χ1n) is 17.9. The number of aromatic amines is 1. The molecule has 0 radical (unpaired) electrons. The van der Waals surface area contributed by atoms with Gasteiger partial charge in [-0.05, 0) is 65.9 Å². The van der Waals surface area contributed by atoms with Crippen LogP contribution in [0.15, 0.2) is 119 Å². The molecule has 1 aliphatic rings. The van der Waals surface area contributed by atoms with Crippen LogP contribution in [-0.2, 0) is 35.3 Å². The summed E-state index contributed by atoms with van der Waals surface area (Å²) in [7, 11) is 1.24. The Balaban J connectivity index is 1.39. The van der Waals surface area contributed by atoms with Crippen molar-refractivity contribution in [2.75, 3.05) is 27.4 Å². The molecular formula is C42H44N3O9P. The third kappa shape index (κ3) is 9.23. The summed E-state index contributed by atoms with van der Waals surface area (Å²) in [5, 5.41) is 9.25. The Bertz CT molecular complexity index is 2120. The van der Waals surface area contributed by atoms with Crippen LogP contribution in [-0.4, -0.2) is 49.2 Å². The van der Waals surface area contributed by atoms with Gasteiger partial charge in [-0.1, -0.05) is 78.9 Å². The lowest BCUT2D eigenvalue weighted by Crippen LogP contribution is -2.38. The Morgan fingerprint density at radius 3 is 2.07 bits per heavy atom. The normalized spacial score (nSPS) is 17.4. The fourth-order valence-corrected chi connectivity index (χ4v) is 7.61. The van der Waals surface area contributed by atoms with Gasteiger partial charge in [-0.15, -0.1) is 0 Å². The number of nitrogens with one attached hydrogen (secondary N) is 1. The van der Waals surface area contributed by atoms with Gasteiger partial charge in [0, 0.05) is 18.2 Å². The van der Waals surface area contributed by atoms with Gasteiger partial charge >= 0.3 is 14.3 Å². The lowest BCUT2D eigenvalue weighted by molar-refractivity contribution is -0.0931. The molecule has 6 rings (SSSR count). The van der Waals surface area contributed by atoms with E-state index in [1.807, 2.05) is 110 Å². The molecule has 1 aliphatic heterocycles. The topological polar surface area (TPSA) is 143 Å². The molecule has 0 amide bonds. The molecule has 4 atom stereocenters. The maximum Gasteiger partial charge on any atom is 0.333 e. The SMILES string of the molecule is COc1ccc(C(OC[C@H]2O[C@@H](n3cc(C)c(=O)[nH]c3=O)C[C@@H]2OP(OCCC#N)OCc2ccccc2C)(c2ccccc2)c2ccc(OC)cc2)cc1. The van der Waals surface area contributed by atoms with Crippen LogP contribution >= 0.6 is 8.60 Å². The van der Waals surface area contributed by atoms with Gasteiger partial charge in [0.05, 0.1) is 52.6 Å². The zero-order valence-electron chi connectivity index (χ0n) is 31.2. The monoisotopic (exact) mass is 765 g/mol. The van der Waals surface area contributed by atoms with Gasteiger partial charge < -0.3 is 32.5 Å². The van der Waals surface area contributed by atoms with E-state index >= 15 is 0 Å². The second kappa shape index (κ2) is 18.5. The quantitative estimate of drug-likeness (QED) is 0.0585. The number of ether oxygens (including phenoxy) is 4. The van der Waals surface area contributed by atoms with E-state index in [0.717, 1.165) is 27.8 Å². The lowest BCUT2D eigenvalue weighted by atomic mass is 9.80. The second-order valence-corrected chi connectivity index (χ2v) is 14.1. The molecule has 13 heteroatoms. The predicted molar refractivity (Wildman–Crippen MR) is 207 cm³/mol. The van der Waals surface area contributed by atoms with E-state index in [9.17, 15) is 14.9 Å². The van der Waals surface area contributed by atoms with Crippen molar-refractivity contribution in [2.24, 2.45) is 0 Å². The molecule has 0 spiro atoms. The molecule has 0 aliphatic carbocycles. The van der Waals surface area contributed by atoms with Crippen LogP contribution < -0.4 is 20.7 Å². The molecule has 2 heterocycles. The summed E-state index contributed by atoms with van der Waals surface area (Å²) in [5.41, 5.74) is 2.63. The van der Waals surface area contributed by atoms with Gasteiger partial charge in [0.2, 0.25) is 0 Å². The van der Waals surface area contributed by atoms with Crippen LogP contribution in [0.3, 0.4) is 0 Å². The molecule has 12 nitrogen and oxygen atoms in total. The molecule has 4 aromatic carbocycles. The zero-order valence-corrected chi connectivity index (χ0v) is 32.1.